The molecule has 2 amide bonds. The fraction of sp³-hybridized carbons (Fsp3) is 0.556. The Kier molecular flexibility index (Phi) is 4.76. The van der Waals surface area contributed by atoms with Crippen molar-refractivity contribution in [2.24, 2.45) is 5.92 Å². The van der Waals surface area contributed by atoms with Crippen LogP contribution in [0.15, 0.2) is 23.3 Å². The van der Waals surface area contributed by atoms with Crippen molar-refractivity contribution in [1.29, 1.82) is 0 Å². The van der Waals surface area contributed by atoms with Gasteiger partial charge in [0.1, 0.15) is 12.4 Å². The number of aromatic nitrogens is 3. The molecule has 2 bridgehead atoms. The van der Waals surface area contributed by atoms with E-state index in [4.69, 9.17) is 0 Å². The zero-order valence-corrected chi connectivity index (χ0v) is 15.7. The molecule has 3 saturated heterocycles. The number of nitrogens with zero attached hydrogens (tertiary/aromatic N) is 5. The lowest BCUT2D eigenvalue weighted by atomic mass is 9.94. The van der Waals surface area contributed by atoms with Gasteiger partial charge in [0, 0.05) is 43.3 Å². The molecule has 2 atom stereocenters. The van der Waals surface area contributed by atoms with Gasteiger partial charge in [-0.1, -0.05) is 6.92 Å². The standard InChI is InChI=1S/C18H23N5O2S/c1-2-16-19-5-6-21(16)10-17(24)22-7-13-3-4-15(9-22)23(18(13)25)8-14-11-26-12-20-14/h5-6,11-13,15H,2-4,7-10H2,1H3/t13-,15+/m0/s1. The Morgan fingerprint density at radius 3 is 2.96 bits per heavy atom. The Bertz CT molecular complexity index is 787. The van der Waals surface area contributed by atoms with Crippen molar-refractivity contribution in [3.05, 3.63) is 34.8 Å². The number of amides is 2. The Morgan fingerprint density at radius 2 is 2.19 bits per heavy atom. The summed E-state index contributed by atoms with van der Waals surface area (Å²) in [5.74, 6) is 1.06. The van der Waals surface area contributed by atoms with Crippen LogP contribution < -0.4 is 0 Å². The van der Waals surface area contributed by atoms with Gasteiger partial charge in [0.2, 0.25) is 11.8 Å². The molecule has 0 radical (unpaired) electrons. The van der Waals surface area contributed by atoms with Gasteiger partial charge in [-0.25, -0.2) is 9.97 Å². The summed E-state index contributed by atoms with van der Waals surface area (Å²) in [5, 5.41) is 1.99. The molecule has 26 heavy (non-hydrogen) atoms. The van der Waals surface area contributed by atoms with Crippen LogP contribution in [0.1, 0.15) is 31.3 Å². The van der Waals surface area contributed by atoms with E-state index in [0.29, 0.717) is 26.2 Å². The van der Waals surface area contributed by atoms with Crippen LogP contribution in [0.2, 0.25) is 0 Å². The van der Waals surface area contributed by atoms with Crippen LogP contribution >= 0.6 is 11.3 Å². The minimum absolute atomic E-state index is 0.0675. The molecule has 3 fully saturated rings. The molecule has 3 aliphatic rings. The second kappa shape index (κ2) is 7.19. The van der Waals surface area contributed by atoms with Gasteiger partial charge in [-0.05, 0) is 12.8 Å². The summed E-state index contributed by atoms with van der Waals surface area (Å²) in [4.78, 5) is 38.2. The molecular formula is C18H23N5O2S. The van der Waals surface area contributed by atoms with E-state index in [0.717, 1.165) is 30.8 Å². The molecule has 5 rings (SSSR count). The van der Waals surface area contributed by atoms with Gasteiger partial charge in [0.15, 0.2) is 0 Å². The van der Waals surface area contributed by atoms with Crippen molar-refractivity contribution in [1.82, 2.24) is 24.3 Å². The highest BCUT2D eigenvalue weighted by atomic mass is 32.1. The Labute approximate surface area is 156 Å². The first-order valence-corrected chi connectivity index (χ1v) is 10.0. The molecule has 2 aromatic heterocycles. The van der Waals surface area contributed by atoms with Crippen LogP contribution in [0.3, 0.4) is 0 Å². The van der Waals surface area contributed by atoms with E-state index in [1.54, 1.807) is 23.0 Å². The average Bonchev–Trinajstić information content (AvgIpc) is 3.23. The third kappa shape index (κ3) is 3.25. The normalized spacial score (nSPS) is 22.7. The van der Waals surface area contributed by atoms with E-state index in [2.05, 4.69) is 9.97 Å². The molecule has 0 unspecified atom stereocenters. The van der Waals surface area contributed by atoms with Gasteiger partial charge >= 0.3 is 0 Å². The number of carbonyl (C=O) groups is 2. The summed E-state index contributed by atoms with van der Waals surface area (Å²) in [7, 11) is 0. The molecule has 0 aliphatic carbocycles. The van der Waals surface area contributed by atoms with Gasteiger partial charge in [-0.3, -0.25) is 9.59 Å². The SMILES string of the molecule is CCc1nccn1CC(=O)N1C[C@@H]2CC[C@H](C1)N(Cc1cscn1)C2=O. The second-order valence-corrected chi connectivity index (χ2v) is 7.72. The minimum atomic E-state index is -0.0928. The van der Waals surface area contributed by atoms with E-state index in [-0.39, 0.29) is 23.8 Å². The third-order valence-electron chi connectivity index (χ3n) is 5.39. The number of piperidine rings is 1. The first-order chi connectivity index (χ1) is 12.7. The van der Waals surface area contributed by atoms with Gasteiger partial charge in [0.25, 0.3) is 0 Å². The van der Waals surface area contributed by atoms with Crippen LogP contribution in [0, 0.1) is 5.92 Å². The maximum Gasteiger partial charge on any atom is 0.242 e. The summed E-state index contributed by atoms with van der Waals surface area (Å²) in [6.07, 6.45) is 6.20. The number of hydrogen-bond acceptors (Lipinski definition) is 5. The van der Waals surface area contributed by atoms with E-state index in [1.165, 1.54) is 0 Å². The molecule has 5 heterocycles. The van der Waals surface area contributed by atoms with Crippen LogP contribution in [-0.2, 0) is 29.1 Å². The third-order valence-corrected chi connectivity index (χ3v) is 6.02. The molecule has 3 aliphatic heterocycles. The Hall–Kier alpha value is -2.22. The maximum atomic E-state index is 12.9. The zero-order valence-electron chi connectivity index (χ0n) is 14.9. The number of fused-ring (bicyclic) bond motifs is 4. The zero-order chi connectivity index (χ0) is 18.1. The molecule has 0 N–H and O–H groups in total. The lowest BCUT2D eigenvalue weighted by molar-refractivity contribution is -0.140. The maximum absolute atomic E-state index is 12.9. The number of aryl methyl sites for hydroxylation is 1. The molecule has 138 valence electrons. The van der Waals surface area contributed by atoms with Crippen molar-refractivity contribution in [2.45, 2.75) is 45.3 Å². The minimum Gasteiger partial charge on any atom is -0.338 e. The topological polar surface area (TPSA) is 71.3 Å². The molecule has 7 nitrogen and oxygen atoms in total. The second-order valence-electron chi connectivity index (χ2n) is 7.00. The van der Waals surface area contributed by atoms with Crippen LogP contribution in [0.4, 0.5) is 0 Å². The van der Waals surface area contributed by atoms with E-state index >= 15 is 0 Å². The van der Waals surface area contributed by atoms with Gasteiger partial charge in [-0.15, -0.1) is 11.3 Å². The highest BCUT2D eigenvalue weighted by Crippen LogP contribution is 2.30. The largest absolute Gasteiger partial charge is 0.338 e. The van der Waals surface area contributed by atoms with Crippen LogP contribution in [0.5, 0.6) is 0 Å². The number of hydrogen-bond donors (Lipinski definition) is 0. The summed E-state index contributed by atoms with van der Waals surface area (Å²) in [6.45, 7) is 4.01. The van der Waals surface area contributed by atoms with Crippen LogP contribution in [0.25, 0.3) is 0 Å². The summed E-state index contributed by atoms with van der Waals surface area (Å²) in [6, 6.07) is 0.0836. The predicted molar refractivity (Wildman–Crippen MR) is 97.4 cm³/mol. The van der Waals surface area contributed by atoms with Crippen LogP contribution in [-0.4, -0.2) is 55.3 Å². The molecule has 0 spiro atoms. The van der Waals surface area contributed by atoms with Crippen molar-refractivity contribution >= 4 is 23.2 Å². The first kappa shape index (κ1) is 17.2. The van der Waals surface area contributed by atoms with Crippen molar-refractivity contribution < 1.29 is 9.59 Å². The molecule has 0 aromatic carbocycles. The Morgan fingerprint density at radius 1 is 1.31 bits per heavy atom. The van der Waals surface area contributed by atoms with Crippen molar-refractivity contribution in [3.63, 3.8) is 0 Å². The average molecular weight is 373 g/mol. The van der Waals surface area contributed by atoms with Gasteiger partial charge < -0.3 is 14.4 Å². The smallest absolute Gasteiger partial charge is 0.242 e. The highest BCUT2D eigenvalue weighted by Gasteiger charge is 2.41. The molecule has 0 saturated carbocycles. The Balaban J connectivity index is 1.48. The lowest BCUT2D eigenvalue weighted by Gasteiger charge is -2.35. The van der Waals surface area contributed by atoms with Gasteiger partial charge in [0.05, 0.1) is 23.7 Å². The quantitative estimate of drug-likeness (QED) is 0.797. The monoisotopic (exact) mass is 373 g/mol. The molecule has 8 heteroatoms. The number of thiazole rings is 1. The fourth-order valence-corrected chi connectivity index (χ4v) is 4.54. The van der Waals surface area contributed by atoms with Gasteiger partial charge in [-0.2, -0.15) is 0 Å². The number of imidazole rings is 1. The predicted octanol–water partition coefficient (Wildman–Crippen LogP) is 1.55. The van der Waals surface area contributed by atoms with E-state index in [9.17, 15) is 9.59 Å². The highest BCUT2D eigenvalue weighted by molar-refractivity contribution is 7.07. The summed E-state index contributed by atoms with van der Waals surface area (Å²) in [5.41, 5.74) is 2.72. The molecular weight excluding hydrogens is 350 g/mol. The fourth-order valence-electron chi connectivity index (χ4n) is 3.99. The van der Waals surface area contributed by atoms with Crippen molar-refractivity contribution in [2.75, 3.05) is 13.1 Å². The first-order valence-electron chi connectivity index (χ1n) is 9.11. The summed E-state index contributed by atoms with van der Waals surface area (Å²) < 4.78 is 1.91. The number of carbonyl (C=O) groups excluding carboxylic acids is 2. The van der Waals surface area contributed by atoms with E-state index < -0.39 is 0 Å². The summed E-state index contributed by atoms with van der Waals surface area (Å²) >= 11 is 1.54. The number of rotatable bonds is 5. The van der Waals surface area contributed by atoms with Crippen molar-refractivity contribution in [3.8, 4) is 0 Å². The molecule has 2 aromatic rings. The van der Waals surface area contributed by atoms with E-state index in [1.807, 2.05) is 32.9 Å². The lowest BCUT2D eigenvalue weighted by Crippen LogP contribution is -2.47.